The van der Waals surface area contributed by atoms with E-state index in [9.17, 15) is 9.59 Å². The van der Waals surface area contributed by atoms with Gasteiger partial charge in [0.15, 0.2) is 0 Å². The van der Waals surface area contributed by atoms with Crippen LogP contribution in [0.25, 0.3) is 0 Å². The first-order chi connectivity index (χ1) is 9.06. The van der Waals surface area contributed by atoms with Crippen molar-refractivity contribution in [1.82, 2.24) is 4.90 Å². The standard InChI is InChI=1S/C16H19NO2/c1-4-13-10-17(16(19)15(13)12(3)18)11(2)14-8-6-5-7-9-14/h4-9,11,13,15H,1,10H2,2-3H3/t11-,13+,15-/m1/s1. The molecule has 0 aromatic heterocycles. The maximum Gasteiger partial charge on any atom is 0.234 e. The van der Waals surface area contributed by atoms with Crippen LogP contribution in [-0.2, 0) is 9.59 Å². The van der Waals surface area contributed by atoms with Gasteiger partial charge in [-0.1, -0.05) is 36.4 Å². The van der Waals surface area contributed by atoms with Gasteiger partial charge < -0.3 is 4.90 Å². The van der Waals surface area contributed by atoms with Crippen molar-refractivity contribution in [2.75, 3.05) is 6.54 Å². The third-order valence-corrected chi connectivity index (χ3v) is 3.88. The molecule has 0 saturated carbocycles. The zero-order valence-electron chi connectivity index (χ0n) is 11.4. The molecular weight excluding hydrogens is 238 g/mol. The summed E-state index contributed by atoms with van der Waals surface area (Å²) >= 11 is 0. The maximum atomic E-state index is 12.4. The van der Waals surface area contributed by atoms with Gasteiger partial charge in [0, 0.05) is 12.5 Å². The first-order valence-corrected chi connectivity index (χ1v) is 6.54. The zero-order chi connectivity index (χ0) is 14.0. The highest BCUT2D eigenvalue weighted by atomic mass is 16.2. The van der Waals surface area contributed by atoms with Crippen LogP contribution >= 0.6 is 0 Å². The number of likely N-dealkylation sites (tertiary alicyclic amines) is 1. The monoisotopic (exact) mass is 257 g/mol. The number of amides is 1. The van der Waals surface area contributed by atoms with E-state index >= 15 is 0 Å². The van der Waals surface area contributed by atoms with Gasteiger partial charge in [-0.05, 0) is 19.4 Å². The summed E-state index contributed by atoms with van der Waals surface area (Å²) in [7, 11) is 0. The number of Topliss-reactive ketones (excluding diaryl/α,β-unsaturated/α-hetero) is 1. The Kier molecular flexibility index (Phi) is 3.84. The maximum absolute atomic E-state index is 12.4. The molecule has 1 heterocycles. The summed E-state index contributed by atoms with van der Waals surface area (Å²) in [6.07, 6.45) is 1.72. The Morgan fingerprint density at radius 3 is 2.53 bits per heavy atom. The Labute approximate surface area is 113 Å². The fraction of sp³-hybridized carbons (Fsp3) is 0.375. The highest BCUT2D eigenvalue weighted by Gasteiger charge is 2.43. The van der Waals surface area contributed by atoms with Gasteiger partial charge in [0.25, 0.3) is 0 Å². The topological polar surface area (TPSA) is 37.4 Å². The average Bonchev–Trinajstić information content (AvgIpc) is 2.76. The van der Waals surface area contributed by atoms with E-state index in [0.29, 0.717) is 6.54 Å². The van der Waals surface area contributed by atoms with E-state index in [-0.39, 0.29) is 23.7 Å². The van der Waals surface area contributed by atoms with Gasteiger partial charge in [-0.2, -0.15) is 0 Å². The van der Waals surface area contributed by atoms with Crippen LogP contribution in [0.1, 0.15) is 25.5 Å². The van der Waals surface area contributed by atoms with Crippen molar-refractivity contribution in [2.24, 2.45) is 11.8 Å². The lowest BCUT2D eigenvalue weighted by atomic mass is 9.92. The highest BCUT2D eigenvalue weighted by molar-refractivity contribution is 6.02. The Bertz CT molecular complexity index is 495. The lowest BCUT2D eigenvalue weighted by Gasteiger charge is -2.25. The predicted molar refractivity (Wildman–Crippen MR) is 74.4 cm³/mol. The van der Waals surface area contributed by atoms with Gasteiger partial charge in [-0.3, -0.25) is 9.59 Å². The molecule has 0 N–H and O–H groups in total. The molecule has 1 amide bonds. The van der Waals surface area contributed by atoms with Crippen molar-refractivity contribution in [1.29, 1.82) is 0 Å². The van der Waals surface area contributed by atoms with E-state index in [0.717, 1.165) is 5.56 Å². The molecule has 0 radical (unpaired) electrons. The van der Waals surface area contributed by atoms with Crippen LogP contribution in [0, 0.1) is 11.8 Å². The first-order valence-electron chi connectivity index (χ1n) is 6.54. The van der Waals surface area contributed by atoms with Crippen LogP contribution in [0.3, 0.4) is 0 Å². The summed E-state index contributed by atoms with van der Waals surface area (Å²) in [5.74, 6) is -0.772. The molecule has 1 aromatic rings. The number of benzene rings is 1. The number of carbonyl (C=O) groups excluding carboxylic acids is 2. The minimum absolute atomic E-state index is 0.0134. The van der Waals surface area contributed by atoms with Crippen LogP contribution in [0.4, 0.5) is 0 Å². The van der Waals surface area contributed by atoms with Gasteiger partial charge in [-0.15, -0.1) is 6.58 Å². The molecule has 0 spiro atoms. The molecule has 1 fully saturated rings. The normalized spacial score (nSPS) is 24.3. The first kappa shape index (κ1) is 13.5. The number of nitrogens with zero attached hydrogens (tertiary/aromatic N) is 1. The number of hydrogen-bond donors (Lipinski definition) is 0. The molecule has 2 rings (SSSR count). The fourth-order valence-corrected chi connectivity index (χ4v) is 2.73. The van der Waals surface area contributed by atoms with Crippen LogP contribution in [-0.4, -0.2) is 23.1 Å². The summed E-state index contributed by atoms with van der Waals surface area (Å²) in [6, 6.07) is 9.86. The van der Waals surface area contributed by atoms with E-state index in [4.69, 9.17) is 0 Å². The van der Waals surface area contributed by atoms with E-state index in [2.05, 4.69) is 6.58 Å². The Morgan fingerprint density at radius 1 is 1.42 bits per heavy atom. The molecule has 1 aliphatic heterocycles. The molecule has 19 heavy (non-hydrogen) atoms. The van der Waals surface area contributed by atoms with Gasteiger partial charge >= 0.3 is 0 Å². The van der Waals surface area contributed by atoms with Crippen molar-refractivity contribution >= 4 is 11.7 Å². The van der Waals surface area contributed by atoms with E-state index < -0.39 is 5.92 Å². The van der Waals surface area contributed by atoms with Gasteiger partial charge in [0.2, 0.25) is 5.91 Å². The number of ketones is 1. The van der Waals surface area contributed by atoms with Crippen molar-refractivity contribution in [3.05, 3.63) is 48.6 Å². The number of rotatable bonds is 4. The molecule has 1 aliphatic rings. The molecule has 3 nitrogen and oxygen atoms in total. The number of carbonyl (C=O) groups is 2. The zero-order valence-corrected chi connectivity index (χ0v) is 11.4. The summed E-state index contributed by atoms with van der Waals surface area (Å²) in [4.78, 5) is 25.8. The Balaban J connectivity index is 2.25. The Morgan fingerprint density at radius 2 is 2.05 bits per heavy atom. The third kappa shape index (κ3) is 2.46. The summed E-state index contributed by atoms with van der Waals surface area (Å²) in [6.45, 7) is 7.80. The van der Waals surface area contributed by atoms with Crippen molar-refractivity contribution in [3.63, 3.8) is 0 Å². The van der Waals surface area contributed by atoms with Crippen molar-refractivity contribution in [2.45, 2.75) is 19.9 Å². The van der Waals surface area contributed by atoms with Gasteiger partial charge in [0.05, 0.1) is 6.04 Å². The average molecular weight is 257 g/mol. The largest absolute Gasteiger partial charge is 0.335 e. The van der Waals surface area contributed by atoms with Gasteiger partial charge in [0.1, 0.15) is 11.7 Å². The molecule has 3 heteroatoms. The van der Waals surface area contributed by atoms with Crippen molar-refractivity contribution in [3.8, 4) is 0 Å². The lowest BCUT2D eigenvalue weighted by molar-refractivity contribution is -0.137. The Hall–Kier alpha value is -1.90. The molecular formula is C16H19NO2. The third-order valence-electron chi connectivity index (χ3n) is 3.88. The minimum atomic E-state index is -0.552. The van der Waals surface area contributed by atoms with Crippen LogP contribution < -0.4 is 0 Å². The van der Waals surface area contributed by atoms with Crippen LogP contribution in [0.2, 0.25) is 0 Å². The summed E-state index contributed by atoms with van der Waals surface area (Å²) in [5.41, 5.74) is 1.09. The second kappa shape index (κ2) is 5.39. The lowest BCUT2D eigenvalue weighted by Crippen LogP contribution is -2.32. The summed E-state index contributed by atoms with van der Waals surface area (Å²) in [5, 5.41) is 0. The molecule has 100 valence electrons. The quantitative estimate of drug-likeness (QED) is 0.614. The molecule has 0 aliphatic carbocycles. The molecule has 0 bridgehead atoms. The smallest absolute Gasteiger partial charge is 0.234 e. The molecule has 3 atom stereocenters. The predicted octanol–water partition coefficient (Wildman–Crippen LogP) is 2.60. The summed E-state index contributed by atoms with van der Waals surface area (Å²) < 4.78 is 0. The molecule has 1 aromatic carbocycles. The SMILES string of the molecule is C=C[C@H]1CN([C@H](C)c2ccccc2)C(=O)[C@@H]1C(C)=O. The van der Waals surface area contributed by atoms with Crippen LogP contribution in [0.15, 0.2) is 43.0 Å². The van der Waals surface area contributed by atoms with Gasteiger partial charge in [-0.25, -0.2) is 0 Å². The van der Waals surface area contributed by atoms with E-state index in [1.54, 1.807) is 11.0 Å². The van der Waals surface area contributed by atoms with Crippen LogP contribution in [0.5, 0.6) is 0 Å². The highest BCUT2D eigenvalue weighted by Crippen LogP contribution is 2.33. The minimum Gasteiger partial charge on any atom is -0.335 e. The second-order valence-electron chi connectivity index (χ2n) is 5.07. The molecule has 0 unspecified atom stereocenters. The number of hydrogen-bond acceptors (Lipinski definition) is 2. The van der Waals surface area contributed by atoms with Crippen molar-refractivity contribution < 1.29 is 9.59 Å². The molecule has 1 saturated heterocycles. The fourth-order valence-electron chi connectivity index (χ4n) is 2.73. The van der Waals surface area contributed by atoms with E-state index in [1.165, 1.54) is 6.92 Å². The van der Waals surface area contributed by atoms with E-state index in [1.807, 2.05) is 37.3 Å². The second-order valence-corrected chi connectivity index (χ2v) is 5.07.